The van der Waals surface area contributed by atoms with Gasteiger partial charge >= 0.3 is 0 Å². The number of hydrogen-bond acceptors (Lipinski definition) is 1. The van der Waals surface area contributed by atoms with E-state index in [1.807, 2.05) is 0 Å². The first-order chi connectivity index (χ1) is 10.6. The lowest BCUT2D eigenvalue weighted by Gasteiger charge is -2.33. The number of aliphatic imine (C=N–C) groups is 1. The van der Waals surface area contributed by atoms with Gasteiger partial charge in [0, 0.05) is 37.7 Å². The van der Waals surface area contributed by atoms with Crippen LogP contribution in [0.2, 0.25) is 0 Å². The smallest absolute Gasteiger partial charge is 0.193 e. The molecule has 1 saturated carbocycles. The van der Waals surface area contributed by atoms with Crippen LogP contribution in [0.4, 0.5) is 8.78 Å². The van der Waals surface area contributed by atoms with Gasteiger partial charge in [0.1, 0.15) is 11.6 Å². The number of nitrogens with one attached hydrogen (secondary N) is 1. The number of nitrogens with zero attached hydrogens (tertiary/aromatic N) is 2. The van der Waals surface area contributed by atoms with Crippen molar-refractivity contribution in [2.45, 2.75) is 38.1 Å². The minimum Gasteiger partial charge on any atom is -0.353 e. The fraction of sp³-hybridized carbons (Fsp3) is 0.588. The maximum Gasteiger partial charge on any atom is 0.193 e. The van der Waals surface area contributed by atoms with Crippen molar-refractivity contribution in [1.29, 1.82) is 0 Å². The lowest BCUT2D eigenvalue weighted by molar-refractivity contribution is 0.265. The van der Waals surface area contributed by atoms with E-state index in [2.05, 4.69) is 22.1 Å². The Balaban J connectivity index is 1.65. The highest BCUT2D eigenvalue weighted by molar-refractivity contribution is 5.80. The Morgan fingerprint density at radius 3 is 2.68 bits per heavy atom. The lowest BCUT2D eigenvalue weighted by atomic mass is 10.0. The largest absolute Gasteiger partial charge is 0.353 e. The van der Waals surface area contributed by atoms with Crippen LogP contribution >= 0.6 is 0 Å². The Hall–Kier alpha value is -1.65. The second kappa shape index (κ2) is 6.23. The summed E-state index contributed by atoms with van der Waals surface area (Å²) in [6, 6.07) is 4.14. The van der Waals surface area contributed by atoms with Crippen molar-refractivity contribution in [2.24, 2.45) is 10.9 Å². The molecule has 3 atom stereocenters. The molecule has 1 heterocycles. The van der Waals surface area contributed by atoms with E-state index in [4.69, 9.17) is 0 Å². The van der Waals surface area contributed by atoms with E-state index in [0.29, 0.717) is 5.92 Å². The van der Waals surface area contributed by atoms with Gasteiger partial charge in [0.25, 0.3) is 0 Å². The molecule has 2 aliphatic rings. The summed E-state index contributed by atoms with van der Waals surface area (Å²) in [4.78, 5) is 6.59. The monoisotopic (exact) mass is 307 g/mol. The highest BCUT2D eigenvalue weighted by Crippen LogP contribution is 2.43. The van der Waals surface area contributed by atoms with Gasteiger partial charge < -0.3 is 10.2 Å². The van der Waals surface area contributed by atoms with E-state index in [9.17, 15) is 8.78 Å². The number of guanidine groups is 1. The standard InChI is InChI=1S/C17H23F2N3/c1-11-5-4-8-22(10-11)17(20-2)21-15-9-12(15)16-13(18)6-3-7-14(16)19/h3,6-7,11-12,15H,4-5,8-10H2,1-2H3,(H,20,21). The van der Waals surface area contributed by atoms with Crippen molar-refractivity contribution in [2.75, 3.05) is 20.1 Å². The summed E-state index contributed by atoms with van der Waals surface area (Å²) >= 11 is 0. The average molecular weight is 307 g/mol. The summed E-state index contributed by atoms with van der Waals surface area (Å²) < 4.78 is 27.7. The summed E-state index contributed by atoms with van der Waals surface area (Å²) in [6.45, 7) is 4.23. The van der Waals surface area contributed by atoms with Crippen LogP contribution in [-0.4, -0.2) is 37.0 Å². The Kier molecular flexibility index (Phi) is 4.32. The van der Waals surface area contributed by atoms with Crippen LogP contribution in [0, 0.1) is 17.6 Å². The van der Waals surface area contributed by atoms with Crippen LogP contribution < -0.4 is 5.32 Å². The van der Waals surface area contributed by atoms with Crippen LogP contribution in [-0.2, 0) is 0 Å². The minimum atomic E-state index is -0.448. The number of halogens is 2. The van der Waals surface area contributed by atoms with Gasteiger partial charge in [-0.15, -0.1) is 0 Å². The predicted molar refractivity (Wildman–Crippen MR) is 84.0 cm³/mol. The molecule has 1 N–H and O–H groups in total. The second-order valence-electron chi connectivity index (χ2n) is 6.47. The van der Waals surface area contributed by atoms with E-state index in [0.717, 1.165) is 31.9 Å². The molecule has 0 amide bonds. The Morgan fingerprint density at radius 2 is 2.05 bits per heavy atom. The van der Waals surface area contributed by atoms with Gasteiger partial charge in [0.15, 0.2) is 5.96 Å². The van der Waals surface area contributed by atoms with Crippen LogP contribution in [0.1, 0.15) is 37.7 Å². The number of rotatable bonds is 2. The molecule has 0 radical (unpaired) electrons. The predicted octanol–water partition coefficient (Wildman–Crippen LogP) is 3.13. The van der Waals surface area contributed by atoms with Crippen molar-refractivity contribution in [3.05, 3.63) is 35.4 Å². The van der Waals surface area contributed by atoms with Gasteiger partial charge in [0.05, 0.1) is 0 Å². The Labute approximate surface area is 130 Å². The molecule has 1 aliphatic carbocycles. The zero-order chi connectivity index (χ0) is 15.7. The Morgan fingerprint density at radius 1 is 1.32 bits per heavy atom. The normalized spacial score (nSPS) is 28.6. The molecule has 22 heavy (non-hydrogen) atoms. The van der Waals surface area contributed by atoms with Gasteiger partial charge in [-0.1, -0.05) is 13.0 Å². The lowest BCUT2D eigenvalue weighted by Crippen LogP contribution is -2.47. The molecule has 1 saturated heterocycles. The maximum atomic E-state index is 13.8. The molecule has 120 valence electrons. The molecule has 1 aliphatic heterocycles. The van der Waals surface area contributed by atoms with Gasteiger partial charge in [0.2, 0.25) is 0 Å². The third-order valence-electron chi connectivity index (χ3n) is 4.64. The van der Waals surface area contributed by atoms with Crippen molar-refractivity contribution in [3.8, 4) is 0 Å². The van der Waals surface area contributed by atoms with E-state index < -0.39 is 11.6 Å². The first-order valence-electron chi connectivity index (χ1n) is 8.02. The van der Waals surface area contributed by atoms with E-state index in [1.165, 1.54) is 24.6 Å². The topological polar surface area (TPSA) is 27.6 Å². The number of hydrogen-bond donors (Lipinski definition) is 1. The maximum absolute atomic E-state index is 13.8. The second-order valence-corrected chi connectivity index (χ2v) is 6.47. The van der Waals surface area contributed by atoms with Crippen LogP contribution in [0.25, 0.3) is 0 Å². The first-order valence-corrected chi connectivity index (χ1v) is 8.02. The van der Waals surface area contributed by atoms with Gasteiger partial charge in [-0.2, -0.15) is 0 Å². The van der Waals surface area contributed by atoms with E-state index in [1.54, 1.807) is 7.05 Å². The summed E-state index contributed by atoms with van der Waals surface area (Å²) in [7, 11) is 1.77. The molecule has 3 nitrogen and oxygen atoms in total. The van der Waals surface area contributed by atoms with Crippen molar-refractivity contribution in [3.63, 3.8) is 0 Å². The number of benzene rings is 1. The van der Waals surface area contributed by atoms with Crippen LogP contribution in [0.5, 0.6) is 0 Å². The fourth-order valence-corrected chi connectivity index (χ4v) is 3.38. The van der Waals surface area contributed by atoms with Crippen molar-refractivity contribution >= 4 is 5.96 Å². The zero-order valence-electron chi connectivity index (χ0n) is 13.1. The number of piperidine rings is 1. The Bertz CT molecular complexity index is 553. The molecule has 3 rings (SSSR count). The fourth-order valence-electron chi connectivity index (χ4n) is 3.38. The molecule has 1 aromatic carbocycles. The number of likely N-dealkylation sites (tertiary alicyclic amines) is 1. The van der Waals surface area contributed by atoms with Gasteiger partial charge in [-0.05, 0) is 37.3 Å². The molecule has 0 aromatic heterocycles. The van der Waals surface area contributed by atoms with E-state index in [-0.39, 0.29) is 17.5 Å². The third kappa shape index (κ3) is 3.08. The highest BCUT2D eigenvalue weighted by atomic mass is 19.1. The molecule has 1 aromatic rings. The molecule has 0 spiro atoms. The molecule has 5 heteroatoms. The average Bonchev–Trinajstić information content (AvgIpc) is 3.23. The minimum absolute atomic E-state index is 0.0716. The van der Waals surface area contributed by atoms with Crippen LogP contribution in [0.15, 0.2) is 23.2 Å². The quantitative estimate of drug-likeness (QED) is 0.671. The summed E-state index contributed by atoms with van der Waals surface area (Å²) in [5, 5.41) is 3.38. The summed E-state index contributed by atoms with van der Waals surface area (Å²) in [6.07, 6.45) is 3.16. The summed E-state index contributed by atoms with van der Waals surface area (Å²) in [5.74, 6) is 0.522. The summed E-state index contributed by atoms with van der Waals surface area (Å²) in [5.41, 5.74) is 0.211. The molecular formula is C17H23F2N3. The first kappa shape index (κ1) is 15.3. The van der Waals surface area contributed by atoms with E-state index >= 15 is 0 Å². The molecule has 0 bridgehead atoms. The van der Waals surface area contributed by atoms with Gasteiger partial charge in [-0.3, -0.25) is 4.99 Å². The van der Waals surface area contributed by atoms with Crippen molar-refractivity contribution in [1.82, 2.24) is 10.2 Å². The van der Waals surface area contributed by atoms with Gasteiger partial charge in [-0.25, -0.2) is 8.78 Å². The zero-order valence-corrected chi connectivity index (χ0v) is 13.1. The highest BCUT2D eigenvalue weighted by Gasteiger charge is 2.43. The molecular weight excluding hydrogens is 284 g/mol. The molecule has 2 fully saturated rings. The molecule has 3 unspecified atom stereocenters. The SMILES string of the molecule is CN=C(NC1CC1c1c(F)cccc1F)N1CCCC(C)C1. The third-order valence-corrected chi connectivity index (χ3v) is 4.64. The van der Waals surface area contributed by atoms with Crippen molar-refractivity contribution < 1.29 is 8.78 Å². The van der Waals surface area contributed by atoms with Crippen LogP contribution in [0.3, 0.4) is 0 Å².